The predicted octanol–water partition coefficient (Wildman–Crippen LogP) is 3.42. The molecule has 1 aliphatic heterocycles. The fourth-order valence-electron chi connectivity index (χ4n) is 3.25. The summed E-state index contributed by atoms with van der Waals surface area (Å²) in [7, 11) is -1.03. The number of nitrogens with zero attached hydrogens (tertiary/aromatic N) is 3. The molecule has 0 bridgehead atoms. The maximum atomic E-state index is 12.7. The first-order valence-electron chi connectivity index (χ1n) is 7.90. The lowest BCUT2D eigenvalue weighted by molar-refractivity contribution is 0.430. The van der Waals surface area contributed by atoms with Gasteiger partial charge in [-0.25, -0.2) is 0 Å². The molecule has 25 heavy (non-hydrogen) atoms. The van der Waals surface area contributed by atoms with E-state index in [0.29, 0.717) is 22.2 Å². The first-order valence-corrected chi connectivity index (χ1v) is 10.4. The van der Waals surface area contributed by atoms with Crippen LogP contribution in [0.1, 0.15) is 35.7 Å². The summed E-state index contributed by atoms with van der Waals surface area (Å²) in [5, 5.41) is 9.62. The van der Waals surface area contributed by atoms with E-state index in [1.165, 1.54) is 17.5 Å². The number of pyridine rings is 1. The zero-order valence-corrected chi connectivity index (χ0v) is 15.6. The summed E-state index contributed by atoms with van der Waals surface area (Å²) in [5.41, 5.74) is 7.50. The van der Waals surface area contributed by atoms with Gasteiger partial charge in [-0.1, -0.05) is 11.6 Å². The molecule has 1 fully saturated rings. The van der Waals surface area contributed by atoms with Gasteiger partial charge >= 0.3 is 0 Å². The minimum Gasteiger partial charge on any atom is -0.386 e. The zero-order valence-electron chi connectivity index (χ0n) is 13.2. The number of halogens is 1. The number of amidine groups is 1. The van der Waals surface area contributed by atoms with Gasteiger partial charge in [0.2, 0.25) is 0 Å². The van der Waals surface area contributed by atoms with Crippen molar-refractivity contribution in [3.63, 3.8) is 0 Å². The molecule has 4 rings (SSSR count). The first-order chi connectivity index (χ1) is 12.0. The maximum Gasteiger partial charge on any atom is 0.113 e. The Morgan fingerprint density at radius 1 is 1.40 bits per heavy atom. The normalized spacial score (nSPS) is 24.4. The van der Waals surface area contributed by atoms with Gasteiger partial charge in [0.1, 0.15) is 16.7 Å². The van der Waals surface area contributed by atoms with Gasteiger partial charge in [-0.05, 0) is 31.4 Å². The molecule has 2 aliphatic rings. The number of aromatic nitrogens is 1. The van der Waals surface area contributed by atoms with Crippen molar-refractivity contribution in [2.24, 2.45) is 10.7 Å². The van der Waals surface area contributed by atoms with Crippen molar-refractivity contribution in [1.29, 1.82) is 5.26 Å². The second kappa shape index (κ2) is 6.20. The Bertz CT molecular complexity index is 942. The molecule has 0 saturated heterocycles. The minimum absolute atomic E-state index is 0.273. The lowest BCUT2D eigenvalue weighted by atomic mass is 9.83. The van der Waals surface area contributed by atoms with Gasteiger partial charge in [-0.3, -0.25) is 14.2 Å². The van der Waals surface area contributed by atoms with Crippen LogP contribution in [0.2, 0.25) is 5.02 Å². The Labute approximate surface area is 157 Å². The Balaban J connectivity index is 1.69. The Morgan fingerprint density at radius 3 is 2.84 bits per heavy atom. The molecule has 1 saturated carbocycles. The molecule has 0 radical (unpaired) electrons. The zero-order chi connectivity index (χ0) is 17.6. The molecule has 5 nitrogen and oxygen atoms in total. The molecule has 8 heteroatoms. The highest BCUT2D eigenvalue weighted by atomic mass is 35.5. The van der Waals surface area contributed by atoms with E-state index >= 15 is 0 Å². The molecular formula is C17H15ClN4OS2. The topological polar surface area (TPSA) is 92.1 Å². The second-order valence-electron chi connectivity index (χ2n) is 6.29. The quantitative estimate of drug-likeness (QED) is 0.850. The third-order valence-electron chi connectivity index (χ3n) is 4.84. The maximum absolute atomic E-state index is 12.7. The van der Waals surface area contributed by atoms with Crippen molar-refractivity contribution in [3.05, 3.63) is 40.0 Å². The summed E-state index contributed by atoms with van der Waals surface area (Å²) in [6.07, 6.45) is 5.99. The fraction of sp³-hybridized carbons (Fsp3) is 0.353. The summed E-state index contributed by atoms with van der Waals surface area (Å²) >= 11 is 7.92. The van der Waals surface area contributed by atoms with Crippen LogP contribution in [0.25, 0.3) is 10.4 Å². The summed E-state index contributed by atoms with van der Waals surface area (Å²) in [6, 6.07) is 5.44. The van der Waals surface area contributed by atoms with Crippen LogP contribution in [0.15, 0.2) is 29.5 Å². The van der Waals surface area contributed by atoms with E-state index in [1.807, 2.05) is 6.07 Å². The molecular weight excluding hydrogens is 376 g/mol. The summed E-state index contributed by atoms with van der Waals surface area (Å²) in [5.74, 6) is 0.962. The van der Waals surface area contributed by atoms with Crippen LogP contribution in [-0.4, -0.2) is 25.5 Å². The molecule has 0 aromatic carbocycles. The van der Waals surface area contributed by atoms with Crippen molar-refractivity contribution in [2.45, 2.75) is 30.1 Å². The van der Waals surface area contributed by atoms with Crippen LogP contribution >= 0.6 is 22.9 Å². The summed E-state index contributed by atoms with van der Waals surface area (Å²) in [6.45, 7) is 0. The lowest BCUT2D eigenvalue weighted by Crippen LogP contribution is -2.56. The Hall–Kier alpha value is -1.75. The number of nitriles is 1. The summed E-state index contributed by atoms with van der Waals surface area (Å²) < 4.78 is 12.3. The van der Waals surface area contributed by atoms with Gasteiger partial charge in [0.15, 0.2) is 0 Å². The molecule has 1 aliphatic carbocycles. The number of rotatable bonds is 2. The van der Waals surface area contributed by atoms with Crippen LogP contribution in [0.3, 0.4) is 0 Å². The Morgan fingerprint density at radius 2 is 2.20 bits per heavy atom. The van der Waals surface area contributed by atoms with E-state index in [4.69, 9.17) is 22.6 Å². The third-order valence-corrected chi connectivity index (χ3v) is 8.65. The monoisotopic (exact) mass is 390 g/mol. The van der Waals surface area contributed by atoms with E-state index in [2.05, 4.69) is 16.0 Å². The molecule has 2 aromatic heterocycles. The molecule has 2 aromatic rings. The van der Waals surface area contributed by atoms with E-state index in [9.17, 15) is 4.21 Å². The molecule has 2 atom stereocenters. The molecule has 3 heterocycles. The van der Waals surface area contributed by atoms with Gasteiger partial charge in [0.05, 0.1) is 22.4 Å². The smallest absolute Gasteiger partial charge is 0.113 e. The van der Waals surface area contributed by atoms with Gasteiger partial charge < -0.3 is 5.73 Å². The average molecular weight is 391 g/mol. The number of thiophene rings is 1. The largest absolute Gasteiger partial charge is 0.386 e. The highest BCUT2D eigenvalue weighted by molar-refractivity contribution is 7.87. The van der Waals surface area contributed by atoms with E-state index in [-0.39, 0.29) is 6.04 Å². The molecule has 1 spiro atoms. The molecule has 2 unspecified atom stereocenters. The van der Waals surface area contributed by atoms with Crippen molar-refractivity contribution >= 4 is 39.6 Å². The number of hydrogen-bond acceptors (Lipinski definition) is 6. The fourth-order valence-corrected chi connectivity index (χ4v) is 6.72. The van der Waals surface area contributed by atoms with Crippen LogP contribution in [0.5, 0.6) is 0 Å². The van der Waals surface area contributed by atoms with Gasteiger partial charge in [-0.15, -0.1) is 11.3 Å². The number of aliphatic imine (C=N–C) groups is 1. The average Bonchev–Trinajstić information content (AvgIpc) is 2.95. The van der Waals surface area contributed by atoms with E-state index in [0.717, 1.165) is 34.6 Å². The first kappa shape index (κ1) is 16.7. The molecule has 128 valence electrons. The van der Waals surface area contributed by atoms with Crippen LogP contribution in [0.4, 0.5) is 0 Å². The predicted molar refractivity (Wildman–Crippen MR) is 101 cm³/mol. The van der Waals surface area contributed by atoms with Crippen LogP contribution < -0.4 is 5.73 Å². The SMILES string of the molecule is N#Cc1cncc(-c2cc(Cl)c(C3CS(=O)C4(CCC4)C(N)=N3)s2)c1. The third kappa shape index (κ3) is 2.69. The summed E-state index contributed by atoms with van der Waals surface area (Å²) in [4.78, 5) is 10.5. The standard InChI is InChI=1S/C17H15ClN4OS2/c18-12-5-14(11-4-10(6-19)7-21-8-11)24-15(12)13-9-25(23)17(2-1-3-17)16(20)22-13/h4-5,7-8,13H,1-3,9H2,(H2,20,22). The highest BCUT2D eigenvalue weighted by Gasteiger charge is 2.49. The van der Waals surface area contributed by atoms with Gasteiger partial charge in [-0.2, -0.15) is 5.26 Å². The van der Waals surface area contributed by atoms with Crippen molar-refractivity contribution in [2.75, 3.05) is 5.75 Å². The lowest BCUT2D eigenvalue weighted by Gasteiger charge is -2.43. The number of nitrogens with two attached hydrogens (primary N) is 1. The Kier molecular flexibility index (Phi) is 4.14. The van der Waals surface area contributed by atoms with Gasteiger partial charge in [0, 0.05) is 38.5 Å². The molecule has 2 N–H and O–H groups in total. The van der Waals surface area contributed by atoms with Crippen LogP contribution in [-0.2, 0) is 10.8 Å². The highest BCUT2D eigenvalue weighted by Crippen LogP contribution is 2.46. The van der Waals surface area contributed by atoms with Crippen molar-refractivity contribution in [3.8, 4) is 16.5 Å². The second-order valence-corrected chi connectivity index (χ2v) is 9.58. The van der Waals surface area contributed by atoms with E-state index < -0.39 is 15.5 Å². The molecule has 0 amide bonds. The van der Waals surface area contributed by atoms with E-state index in [1.54, 1.807) is 12.3 Å². The van der Waals surface area contributed by atoms with Crippen molar-refractivity contribution < 1.29 is 4.21 Å². The van der Waals surface area contributed by atoms with Crippen molar-refractivity contribution in [1.82, 2.24) is 4.98 Å². The van der Waals surface area contributed by atoms with Gasteiger partial charge in [0.25, 0.3) is 0 Å². The van der Waals surface area contributed by atoms with Crippen LogP contribution in [0, 0.1) is 11.3 Å². The minimum atomic E-state index is -1.03. The number of hydrogen-bond donors (Lipinski definition) is 1.